The van der Waals surface area contributed by atoms with E-state index in [4.69, 9.17) is 16.0 Å². The maximum absolute atomic E-state index is 13.1. The Morgan fingerprint density at radius 2 is 2.15 bits per heavy atom. The molecule has 0 radical (unpaired) electrons. The van der Waals surface area contributed by atoms with Crippen LogP contribution in [0.1, 0.15) is 21.8 Å². The van der Waals surface area contributed by atoms with Crippen LogP contribution < -0.4 is 5.32 Å². The molecular formula is C18H12ClF3N2O2S. The summed E-state index contributed by atoms with van der Waals surface area (Å²) in [6.07, 6.45) is 1.21. The van der Waals surface area contributed by atoms with Gasteiger partial charge in [-0.1, -0.05) is 11.6 Å². The maximum atomic E-state index is 13.1. The first-order valence-corrected chi connectivity index (χ1v) is 8.83. The smallest absolute Gasteiger partial charge is 0.416 e. The molecule has 0 atom stereocenters. The van der Waals surface area contributed by atoms with E-state index >= 15 is 0 Å². The summed E-state index contributed by atoms with van der Waals surface area (Å²) in [6, 6.07) is 6.83. The van der Waals surface area contributed by atoms with Gasteiger partial charge in [-0.3, -0.25) is 10.1 Å². The van der Waals surface area contributed by atoms with Gasteiger partial charge in [-0.05, 0) is 42.0 Å². The number of benzene rings is 1. The van der Waals surface area contributed by atoms with Gasteiger partial charge >= 0.3 is 6.18 Å². The average Bonchev–Trinajstić information content (AvgIpc) is 3.24. The third kappa shape index (κ3) is 5.21. The third-order valence-corrected chi connectivity index (χ3v) is 4.61. The number of nitrogens with zero attached hydrogens (tertiary/aromatic N) is 1. The van der Waals surface area contributed by atoms with E-state index in [1.165, 1.54) is 36.7 Å². The van der Waals surface area contributed by atoms with Crippen LogP contribution in [0.4, 0.5) is 18.3 Å². The van der Waals surface area contributed by atoms with Crippen LogP contribution >= 0.6 is 22.9 Å². The molecule has 0 bridgehead atoms. The van der Waals surface area contributed by atoms with Gasteiger partial charge in [-0.25, -0.2) is 4.98 Å². The van der Waals surface area contributed by atoms with Crippen molar-refractivity contribution in [3.8, 4) is 0 Å². The van der Waals surface area contributed by atoms with Crippen LogP contribution in [-0.2, 0) is 17.4 Å². The lowest BCUT2D eigenvalue weighted by atomic mass is 10.0. The Balaban J connectivity index is 1.70. The molecule has 0 saturated heterocycles. The third-order valence-electron chi connectivity index (χ3n) is 3.46. The summed E-state index contributed by atoms with van der Waals surface area (Å²) in [7, 11) is 0. The molecule has 3 rings (SSSR count). The zero-order valence-electron chi connectivity index (χ0n) is 13.6. The molecule has 0 saturated carbocycles. The van der Waals surface area contributed by atoms with E-state index < -0.39 is 17.6 Å². The quantitative estimate of drug-likeness (QED) is 0.551. The largest absolute Gasteiger partial charge is 0.465 e. The first-order chi connectivity index (χ1) is 12.8. The van der Waals surface area contributed by atoms with Crippen molar-refractivity contribution >= 4 is 40.1 Å². The number of rotatable bonds is 5. The molecule has 0 aliphatic rings. The number of carbonyl (C=O) groups excluding carboxylic acids is 1. The van der Waals surface area contributed by atoms with Gasteiger partial charge < -0.3 is 4.42 Å². The molecule has 0 spiro atoms. The zero-order chi connectivity index (χ0) is 19.4. The molecule has 2 aromatic heterocycles. The van der Waals surface area contributed by atoms with Crippen molar-refractivity contribution in [1.82, 2.24) is 4.98 Å². The second kappa shape index (κ2) is 7.98. The number of furan rings is 1. The monoisotopic (exact) mass is 412 g/mol. The Hall–Kier alpha value is -2.58. The standard InChI is InChI=1S/C18H12ClF3N2O2S/c19-12-3-5-15(18(20,21)22)11(8-12)9-14-10-23-17(27-14)24-16(25)6-4-13-2-1-7-26-13/h1-8,10H,9H2,(H,23,24,25)/b6-4+. The fraction of sp³-hybridized carbons (Fsp3) is 0.111. The number of halogens is 4. The fourth-order valence-corrected chi connectivity index (χ4v) is 3.34. The van der Waals surface area contributed by atoms with Gasteiger partial charge in [0.25, 0.3) is 0 Å². The van der Waals surface area contributed by atoms with Gasteiger partial charge in [0.2, 0.25) is 5.91 Å². The summed E-state index contributed by atoms with van der Waals surface area (Å²) in [6.45, 7) is 0. The number of anilines is 1. The van der Waals surface area contributed by atoms with E-state index in [-0.39, 0.29) is 22.1 Å². The van der Waals surface area contributed by atoms with E-state index in [2.05, 4.69) is 10.3 Å². The van der Waals surface area contributed by atoms with E-state index in [9.17, 15) is 18.0 Å². The summed E-state index contributed by atoms with van der Waals surface area (Å²) in [5.74, 6) is 0.0941. The number of thiazole rings is 1. The first-order valence-electron chi connectivity index (χ1n) is 7.64. The van der Waals surface area contributed by atoms with Gasteiger partial charge in [0.15, 0.2) is 5.13 Å². The lowest BCUT2D eigenvalue weighted by Crippen LogP contribution is -2.09. The van der Waals surface area contributed by atoms with Crippen LogP contribution in [0.3, 0.4) is 0 Å². The van der Waals surface area contributed by atoms with Crippen LogP contribution in [0.15, 0.2) is 53.3 Å². The molecule has 0 unspecified atom stereocenters. The predicted molar refractivity (Wildman–Crippen MR) is 97.7 cm³/mol. The number of carbonyl (C=O) groups is 1. The van der Waals surface area contributed by atoms with Crippen molar-refractivity contribution in [1.29, 1.82) is 0 Å². The summed E-state index contributed by atoms with van der Waals surface area (Å²) in [5, 5.41) is 3.07. The molecule has 140 valence electrons. The second-order valence-corrected chi connectivity index (χ2v) is 7.00. The molecule has 2 heterocycles. The van der Waals surface area contributed by atoms with Gasteiger partial charge in [-0.15, -0.1) is 11.3 Å². The highest BCUT2D eigenvalue weighted by Crippen LogP contribution is 2.35. The molecule has 4 nitrogen and oxygen atoms in total. The van der Waals surface area contributed by atoms with Crippen molar-refractivity contribution in [3.05, 3.63) is 75.7 Å². The van der Waals surface area contributed by atoms with Crippen LogP contribution in [0.5, 0.6) is 0 Å². The molecule has 0 fully saturated rings. The van der Waals surface area contributed by atoms with Crippen molar-refractivity contribution in [2.24, 2.45) is 0 Å². The van der Waals surface area contributed by atoms with E-state index in [1.54, 1.807) is 12.1 Å². The number of alkyl halides is 3. The van der Waals surface area contributed by atoms with Gasteiger partial charge in [0, 0.05) is 28.6 Å². The minimum Gasteiger partial charge on any atom is -0.465 e. The topological polar surface area (TPSA) is 55.1 Å². The molecule has 9 heteroatoms. The number of aromatic nitrogens is 1. The normalized spacial score (nSPS) is 11.9. The van der Waals surface area contributed by atoms with E-state index in [0.717, 1.165) is 17.4 Å². The minimum absolute atomic E-state index is 0.00513. The Bertz CT molecular complexity index is 965. The van der Waals surface area contributed by atoms with Crippen molar-refractivity contribution in [2.75, 3.05) is 5.32 Å². The Kier molecular flexibility index (Phi) is 5.67. The SMILES string of the molecule is O=C(/C=C/c1ccco1)Nc1ncc(Cc2cc(Cl)ccc2C(F)(F)F)s1. The van der Waals surface area contributed by atoms with E-state index in [1.807, 2.05) is 0 Å². The van der Waals surface area contributed by atoms with E-state index in [0.29, 0.717) is 10.6 Å². The van der Waals surface area contributed by atoms with Gasteiger partial charge in [0.1, 0.15) is 5.76 Å². The molecule has 1 amide bonds. The summed E-state index contributed by atoms with van der Waals surface area (Å²) in [4.78, 5) is 16.5. The highest BCUT2D eigenvalue weighted by atomic mass is 35.5. The molecule has 1 N–H and O–H groups in total. The van der Waals surface area contributed by atoms with Crippen LogP contribution in [-0.4, -0.2) is 10.9 Å². The van der Waals surface area contributed by atoms with Crippen molar-refractivity contribution in [3.63, 3.8) is 0 Å². The van der Waals surface area contributed by atoms with Gasteiger partial charge in [0.05, 0.1) is 11.8 Å². The highest BCUT2D eigenvalue weighted by Gasteiger charge is 2.33. The summed E-state index contributed by atoms with van der Waals surface area (Å²) < 4.78 is 44.5. The highest BCUT2D eigenvalue weighted by molar-refractivity contribution is 7.15. The first kappa shape index (κ1) is 19.2. The molecular weight excluding hydrogens is 401 g/mol. The fourth-order valence-electron chi connectivity index (χ4n) is 2.31. The number of nitrogens with one attached hydrogen (secondary N) is 1. The maximum Gasteiger partial charge on any atom is 0.416 e. The number of hydrogen-bond acceptors (Lipinski definition) is 4. The van der Waals surface area contributed by atoms with Crippen LogP contribution in [0.25, 0.3) is 6.08 Å². The predicted octanol–water partition coefficient (Wildman–Crippen LogP) is 5.65. The number of amides is 1. The Labute approximate surface area is 161 Å². The zero-order valence-corrected chi connectivity index (χ0v) is 15.2. The summed E-state index contributed by atoms with van der Waals surface area (Å²) >= 11 is 6.93. The molecule has 3 aromatic rings. The van der Waals surface area contributed by atoms with Crippen LogP contribution in [0.2, 0.25) is 5.02 Å². The molecule has 27 heavy (non-hydrogen) atoms. The van der Waals surface area contributed by atoms with Gasteiger partial charge in [-0.2, -0.15) is 13.2 Å². The Morgan fingerprint density at radius 3 is 2.85 bits per heavy atom. The lowest BCUT2D eigenvalue weighted by molar-refractivity contribution is -0.138. The minimum atomic E-state index is -4.47. The second-order valence-electron chi connectivity index (χ2n) is 5.45. The number of hydrogen-bond donors (Lipinski definition) is 1. The lowest BCUT2D eigenvalue weighted by Gasteiger charge is -2.12. The molecule has 0 aliphatic heterocycles. The van der Waals surface area contributed by atoms with Crippen molar-refractivity contribution in [2.45, 2.75) is 12.6 Å². The van der Waals surface area contributed by atoms with Crippen LogP contribution in [0, 0.1) is 0 Å². The van der Waals surface area contributed by atoms with Crippen molar-refractivity contribution < 1.29 is 22.4 Å². The molecule has 0 aliphatic carbocycles. The molecule has 1 aromatic carbocycles. The summed E-state index contributed by atoms with van der Waals surface area (Å²) in [5.41, 5.74) is -0.693. The Morgan fingerprint density at radius 1 is 1.33 bits per heavy atom. The average molecular weight is 413 g/mol.